The molecule has 0 saturated heterocycles. The summed E-state index contributed by atoms with van der Waals surface area (Å²) in [6.45, 7) is 2.30. The monoisotopic (exact) mass is 501 g/mol. The van der Waals surface area contributed by atoms with Crippen LogP contribution in [0.1, 0.15) is 200 Å². The van der Waals surface area contributed by atoms with Crippen LogP contribution < -0.4 is 0 Å². The normalized spacial score (nSPS) is 11.1. The van der Waals surface area contributed by atoms with Gasteiger partial charge in [-0.05, 0) is 6.42 Å². The number of rotatable bonds is 30. The Morgan fingerprint density at radius 2 is 0.528 bits per heavy atom. The van der Waals surface area contributed by atoms with Gasteiger partial charge in [0.15, 0.2) is 0 Å². The fourth-order valence-corrected chi connectivity index (χ4v) is 5.35. The van der Waals surface area contributed by atoms with Crippen molar-refractivity contribution in [3.05, 3.63) is 0 Å². The van der Waals surface area contributed by atoms with Crippen LogP contribution in [0, 0.1) is 28.6 Å². The molecule has 0 spiro atoms. The molecule has 0 aromatic rings. The van der Waals surface area contributed by atoms with Crippen LogP contribution in [0.5, 0.6) is 0 Å². The highest BCUT2D eigenvalue weighted by molar-refractivity contribution is 4.98. The van der Waals surface area contributed by atoms with Gasteiger partial charge in [0.25, 0.3) is 0 Å². The van der Waals surface area contributed by atoms with Crippen molar-refractivity contribution >= 4 is 0 Å². The highest BCUT2D eigenvalue weighted by Gasteiger charge is 2.03. The third-order valence-corrected chi connectivity index (χ3v) is 7.91. The maximum Gasteiger partial charge on any atom is 0.133 e. The van der Waals surface area contributed by atoms with E-state index in [9.17, 15) is 0 Å². The van der Waals surface area contributed by atoms with E-state index in [1.807, 2.05) is 0 Å². The van der Waals surface area contributed by atoms with Crippen LogP contribution in [0.3, 0.4) is 0 Å². The van der Waals surface area contributed by atoms with Gasteiger partial charge in [0.2, 0.25) is 0 Å². The van der Waals surface area contributed by atoms with Gasteiger partial charge in [-0.25, -0.2) is 0 Å². The first-order valence-electron chi connectivity index (χ1n) is 16.6. The summed E-state index contributed by atoms with van der Waals surface area (Å²) in [5.41, 5.74) is 0. The number of hydrogen-bond donors (Lipinski definition) is 0. The van der Waals surface area contributed by atoms with E-state index in [0.29, 0.717) is 0 Å². The Kier molecular flexibility index (Phi) is 31.1. The molecule has 0 unspecified atom stereocenters. The van der Waals surface area contributed by atoms with Gasteiger partial charge >= 0.3 is 0 Å². The lowest BCUT2D eigenvalue weighted by atomic mass is 10.0. The third kappa shape index (κ3) is 29.2. The zero-order valence-electron chi connectivity index (χ0n) is 24.7. The third-order valence-electron chi connectivity index (χ3n) is 7.91. The number of nitriles is 2. The van der Waals surface area contributed by atoms with Gasteiger partial charge in [0, 0.05) is 0 Å². The molecule has 36 heavy (non-hydrogen) atoms. The van der Waals surface area contributed by atoms with E-state index in [2.05, 4.69) is 19.1 Å². The second kappa shape index (κ2) is 32.0. The molecule has 0 aliphatic rings. The van der Waals surface area contributed by atoms with Gasteiger partial charge in [0.05, 0.1) is 12.1 Å². The SMILES string of the molecule is CCCCCCCCCCCCCCCCCCCCCCCCCCCCCCCC(C#N)C#N. The average Bonchev–Trinajstić information content (AvgIpc) is 2.90. The van der Waals surface area contributed by atoms with Crippen molar-refractivity contribution in [3.8, 4) is 12.1 Å². The fourth-order valence-electron chi connectivity index (χ4n) is 5.35. The zero-order chi connectivity index (χ0) is 26.2. The molecule has 0 saturated carbocycles. The van der Waals surface area contributed by atoms with Gasteiger partial charge in [-0.15, -0.1) is 0 Å². The molecular formula is C34H64N2. The number of hydrogen-bond acceptors (Lipinski definition) is 2. The van der Waals surface area contributed by atoms with Crippen molar-refractivity contribution in [2.24, 2.45) is 5.92 Å². The van der Waals surface area contributed by atoms with Gasteiger partial charge in [-0.2, -0.15) is 10.5 Å². The van der Waals surface area contributed by atoms with Crippen LogP contribution in [-0.2, 0) is 0 Å². The fraction of sp³-hybridized carbons (Fsp3) is 0.941. The molecule has 0 aliphatic carbocycles. The summed E-state index contributed by atoms with van der Waals surface area (Å²) < 4.78 is 0. The molecule has 2 nitrogen and oxygen atoms in total. The summed E-state index contributed by atoms with van der Waals surface area (Å²) in [4.78, 5) is 0. The highest BCUT2D eigenvalue weighted by atomic mass is 14.3. The molecule has 0 aromatic carbocycles. The Morgan fingerprint density at radius 3 is 0.722 bits per heavy atom. The van der Waals surface area contributed by atoms with Gasteiger partial charge in [0.1, 0.15) is 5.92 Å². The van der Waals surface area contributed by atoms with Crippen molar-refractivity contribution in [3.63, 3.8) is 0 Å². The summed E-state index contributed by atoms with van der Waals surface area (Å²) in [6, 6.07) is 4.13. The molecule has 0 amide bonds. The Morgan fingerprint density at radius 1 is 0.333 bits per heavy atom. The minimum absolute atomic E-state index is 0.390. The lowest BCUT2D eigenvalue weighted by Gasteiger charge is -2.05. The molecule has 0 fully saturated rings. The molecule has 0 rings (SSSR count). The molecular weight excluding hydrogens is 436 g/mol. The first kappa shape index (κ1) is 35.0. The van der Waals surface area contributed by atoms with Gasteiger partial charge in [-0.3, -0.25) is 0 Å². The van der Waals surface area contributed by atoms with E-state index in [4.69, 9.17) is 10.5 Å². The number of unbranched alkanes of at least 4 members (excludes halogenated alkanes) is 28. The van der Waals surface area contributed by atoms with Crippen LogP contribution in [0.15, 0.2) is 0 Å². The molecule has 0 bridgehead atoms. The van der Waals surface area contributed by atoms with Crippen LogP contribution in [0.4, 0.5) is 0 Å². The van der Waals surface area contributed by atoms with E-state index in [1.165, 1.54) is 180 Å². The Balaban J connectivity index is 3.06. The van der Waals surface area contributed by atoms with Crippen molar-refractivity contribution in [1.82, 2.24) is 0 Å². The first-order valence-corrected chi connectivity index (χ1v) is 16.6. The smallest absolute Gasteiger partial charge is 0.133 e. The van der Waals surface area contributed by atoms with E-state index < -0.39 is 0 Å². The predicted octanol–water partition coefficient (Wildman–Crippen LogP) is 12.4. The Bertz CT molecular complexity index is 472. The quantitative estimate of drug-likeness (QED) is 0.0920. The van der Waals surface area contributed by atoms with E-state index >= 15 is 0 Å². The van der Waals surface area contributed by atoms with E-state index in [1.54, 1.807) is 0 Å². The Labute approximate surface area is 228 Å². The van der Waals surface area contributed by atoms with Crippen LogP contribution in [0.2, 0.25) is 0 Å². The maximum atomic E-state index is 8.76. The minimum atomic E-state index is -0.390. The van der Waals surface area contributed by atoms with Gasteiger partial charge in [-0.1, -0.05) is 193 Å². The number of nitrogens with zero attached hydrogens (tertiary/aromatic N) is 2. The predicted molar refractivity (Wildman–Crippen MR) is 159 cm³/mol. The van der Waals surface area contributed by atoms with E-state index in [0.717, 1.165) is 12.8 Å². The van der Waals surface area contributed by atoms with Crippen LogP contribution in [-0.4, -0.2) is 0 Å². The van der Waals surface area contributed by atoms with Crippen molar-refractivity contribution in [2.45, 2.75) is 200 Å². The molecule has 0 radical (unpaired) electrons. The molecule has 0 aliphatic heterocycles. The second-order valence-electron chi connectivity index (χ2n) is 11.5. The largest absolute Gasteiger partial charge is 0.197 e. The molecule has 0 aromatic heterocycles. The van der Waals surface area contributed by atoms with Crippen LogP contribution >= 0.6 is 0 Å². The summed E-state index contributed by atoms with van der Waals surface area (Å²) in [7, 11) is 0. The lowest BCUT2D eigenvalue weighted by molar-refractivity contribution is 0.512. The minimum Gasteiger partial charge on any atom is -0.197 e. The Hall–Kier alpha value is -1.02. The van der Waals surface area contributed by atoms with Crippen LogP contribution in [0.25, 0.3) is 0 Å². The topological polar surface area (TPSA) is 47.6 Å². The highest BCUT2D eigenvalue weighted by Crippen LogP contribution is 2.17. The summed E-state index contributed by atoms with van der Waals surface area (Å²) in [6.07, 6.45) is 41.8. The zero-order valence-corrected chi connectivity index (χ0v) is 24.7. The molecule has 0 N–H and O–H groups in total. The molecule has 210 valence electrons. The first-order chi connectivity index (χ1) is 17.8. The van der Waals surface area contributed by atoms with Gasteiger partial charge < -0.3 is 0 Å². The van der Waals surface area contributed by atoms with Crippen molar-refractivity contribution in [2.75, 3.05) is 0 Å². The average molecular weight is 501 g/mol. The molecule has 0 atom stereocenters. The van der Waals surface area contributed by atoms with E-state index in [-0.39, 0.29) is 5.92 Å². The maximum absolute atomic E-state index is 8.76. The van der Waals surface area contributed by atoms with Crippen molar-refractivity contribution in [1.29, 1.82) is 10.5 Å². The van der Waals surface area contributed by atoms with Crippen molar-refractivity contribution < 1.29 is 0 Å². The summed E-state index contributed by atoms with van der Waals surface area (Å²) in [5.74, 6) is -0.390. The lowest BCUT2D eigenvalue weighted by Crippen LogP contribution is -1.92. The summed E-state index contributed by atoms with van der Waals surface area (Å²) in [5, 5.41) is 17.5. The molecule has 2 heteroatoms. The second-order valence-corrected chi connectivity index (χ2v) is 11.5. The summed E-state index contributed by atoms with van der Waals surface area (Å²) >= 11 is 0. The standard InChI is InChI=1S/C34H64N2/c1-2-3-4-5-6-7-8-9-10-11-12-13-14-15-16-17-18-19-20-21-22-23-24-25-26-27-28-29-30-31-34(32-35)33-36/h34H,2-31H2,1H3. The molecule has 0 heterocycles.